The molecule has 1 saturated heterocycles. The summed E-state index contributed by atoms with van der Waals surface area (Å²) in [6, 6.07) is 20.1. The zero-order chi connectivity index (χ0) is 17.5. The van der Waals surface area contributed by atoms with Crippen molar-refractivity contribution in [1.82, 2.24) is 0 Å². The second-order valence-electron chi connectivity index (χ2n) is 7.17. The average molecular weight is 337 g/mol. The zero-order valence-electron chi connectivity index (χ0n) is 14.9. The van der Waals surface area contributed by atoms with Crippen LogP contribution in [0.2, 0.25) is 0 Å². The van der Waals surface area contributed by atoms with Crippen molar-refractivity contribution in [3.8, 4) is 0 Å². The second-order valence-corrected chi connectivity index (χ2v) is 7.17. The Kier molecular flexibility index (Phi) is 5.87. The van der Waals surface area contributed by atoms with Crippen molar-refractivity contribution in [2.45, 2.75) is 37.5 Å². The fourth-order valence-corrected chi connectivity index (χ4v) is 4.15. The van der Waals surface area contributed by atoms with E-state index in [2.05, 4.69) is 0 Å². The van der Waals surface area contributed by atoms with E-state index in [0.717, 1.165) is 24.1 Å². The van der Waals surface area contributed by atoms with E-state index in [-0.39, 0.29) is 5.91 Å². The fourth-order valence-electron chi connectivity index (χ4n) is 4.15. The molecule has 1 amide bonds. The number of hydrogen-bond acceptors (Lipinski definition) is 1. The highest BCUT2D eigenvalue weighted by Gasteiger charge is 2.41. The van der Waals surface area contributed by atoms with Crippen molar-refractivity contribution in [2.75, 3.05) is 19.6 Å². The van der Waals surface area contributed by atoms with Crippen LogP contribution in [0, 0.1) is 0 Å². The van der Waals surface area contributed by atoms with E-state index in [1.54, 1.807) is 4.90 Å². The molecule has 1 heterocycles. The summed E-state index contributed by atoms with van der Waals surface area (Å²) in [6.45, 7) is 3.39. The number of primary amides is 1. The predicted octanol–water partition coefficient (Wildman–Crippen LogP) is 2.31. The standard InChI is InChI=1S/C22H28N2O/c23-21(25)22(19-11-5-3-6-12-19,20-13-7-4-8-14-20)15-18-24-16-9-1-2-10-17-24/h3-8,11-14H,1-2,9-10,15-18H2,(H2,23,25)/p+1. The summed E-state index contributed by atoms with van der Waals surface area (Å²) < 4.78 is 0. The van der Waals surface area contributed by atoms with E-state index in [4.69, 9.17) is 5.73 Å². The molecule has 0 radical (unpaired) electrons. The molecular formula is C22H29N2O+. The Balaban J connectivity index is 1.94. The average Bonchev–Trinajstić information content (AvgIpc) is 2.93. The lowest BCUT2D eigenvalue weighted by molar-refractivity contribution is -0.899. The molecule has 3 rings (SSSR count). The lowest BCUT2D eigenvalue weighted by Crippen LogP contribution is -3.12. The SMILES string of the molecule is NC(=O)C(CC[NH+]1CCCCCC1)(c1ccccc1)c1ccccc1. The molecule has 0 unspecified atom stereocenters. The minimum atomic E-state index is -0.748. The topological polar surface area (TPSA) is 47.5 Å². The number of nitrogens with one attached hydrogen (secondary N) is 1. The van der Waals surface area contributed by atoms with Crippen LogP contribution >= 0.6 is 0 Å². The molecule has 0 spiro atoms. The molecule has 2 aromatic carbocycles. The maximum absolute atomic E-state index is 12.8. The smallest absolute Gasteiger partial charge is 0.232 e. The molecule has 25 heavy (non-hydrogen) atoms. The van der Waals surface area contributed by atoms with Gasteiger partial charge >= 0.3 is 0 Å². The van der Waals surface area contributed by atoms with Gasteiger partial charge in [-0.2, -0.15) is 0 Å². The molecule has 1 aliphatic heterocycles. The summed E-state index contributed by atoms with van der Waals surface area (Å²) in [5.41, 5.74) is 7.29. The Morgan fingerprint density at radius 3 is 1.76 bits per heavy atom. The molecule has 0 atom stereocenters. The third-order valence-corrected chi connectivity index (χ3v) is 5.62. The summed E-state index contributed by atoms with van der Waals surface area (Å²) in [5.74, 6) is -0.251. The lowest BCUT2D eigenvalue weighted by atomic mass is 9.71. The van der Waals surface area contributed by atoms with Crippen molar-refractivity contribution >= 4 is 5.91 Å². The molecule has 3 nitrogen and oxygen atoms in total. The van der Waals surface area contributed by atoms with Crippen LogP contribution in [0.1, 0.15) is 43.2 Å². The zero-order valence-corrected chi connectivity index (χ0v) is 14.9. The molecule has 3 N–H and O–H groups in total. The molecular weight excluding hydrogens is 308 g/mol. The third kappa shape index (κ3) is 3.93. The van der Waals surface area contributed by atoms with Gasteiger partial charge in [0.2, 0.25) is 5.91 Å². The number of rotatable bonds is 6. The van der Waals surface area contributed by atoms with E-state index in [1.807, 2.05) is 60.7 Å². The van der Waals surface area contributed by atoms with Crippen LogP contribution in [0.4, 0.5) is 0 Å². The Labute approximate surface area is 150 Å². The van der Waals surface area contributed by atoms with E-state index in [0.29, 0.717) is 0 Å². The highest BCUT2D eigenvalue weighted by Crippen LogP contribution is 2.35. The van der Waals surface area contributed by atoms with Gasteiger partial charge in [-0.05, 0) is 36.8 Å². The van der Waals surface area contributed by atoms with Crippen molar-refractivity contribution in [1.29, 1.82) is 0 Å². The molecule has 0 saturated carbocycles. The molecule has 2 aromatic rings. The molecule has 0 aliphatic carbocycles. The van der Waals surface area contributed by atoms with E-state index in [9.17, 15) is 4.79 Å². The van der Waals surface area contributed by atoms with Gasteiger partial charge in [-0.1, -0.05) is 60.7 Å². The first kappa shape index (κ1) is 17.7. The monoisotopic (exact) mass is 337 g/mol. The van der Waals surface area contributed by atoms with Crippen LogP contribution in [0.25, 0.3) is 0 Å². The van der Waals surface area contributed by atoms with Crippen LogP contribution < -0.4 is 10.6 Å². The summed E-state index contributed by atoms with van der Waals surface area (Å²) in [4.78, 5) is 14.4. The number of carbonyl (C=O) groups is 1. The minimum absolute atomic E-state index is 0.251. The van der Waals surface area contributed by atoms with Crippen LogP contribution in [0.3, 0.4) is 0 Å². The third-order valence-electron chi connectivity index (χ3n) is 5.62. The Bertz CT molecular complexity index is 621. The molecule has 0 bridgehead atoms. The molecule has 1 fully saturated rings. The van der Waals surface area contributed by atoms with Gasteiger partial charge in [0.05, 0.1) is 19.6 Å². The summed E-state index contributed by atoms with van der Waals surface area (Å²) in [5, 5.41) is 0. The van der Waals surface area contributed by atoms with Crippen LogP contribution in [-0.2, 0) is 10.2 Å². The quantitative estimate of drug-likeness (QED) is 0.835. The predicted molar refractivity (Wildman–Crippen MR) is 102 cm³/mol. The number of hydrogen-bond donors (Lipinski definition) is 2. The number of nitrogens with two attached hydrogens (primary N) is 1. The molecule has 3 heteroatoms. The van der Waals surface area contributed by atoms with Gasteiger partial charge in [0, 0.05) is 6.42 Å². The summed E-state index contributed by atoms with van der Waals surface area (Å²) in [6.07, 6.45) is 6.00. The van der Waals surface area contributed by atoms with Gasteiger partial charge in [0.1, 0.15) is 5.41 Å². The number of quaternary nitrogens is 1. The number of likely N-dealkylation sites (tertiary alicyclic amines) is 1. The lowest BCUT2D eigenvalue weighted by Gasteiger charge is -2.33. The van der Waals surface area contributed by atoms with Crippen LogP contribution in [0.5, 0.6) is 0 Å². The van der Waals surface area contributed by atoms with E-state index >= 15 is 0 Å². The summed E-state index contributed by atoms with van der Waals surface area (Å²) >= 11 is 0. The van der Waals surface area contributed by atoms with Crippen molar-refractivity contribution in [3.05, 3.63) is 71.8 Å². The van der Waals surface area contributed by atoms with Gasteiger partial charge in [-0.15, -0.1) is 0 Å². The van der Waals surface area contributed by atoms with Crippen molar-refractivity contribution in [2.24, 2.45) is 5.73 Å². The van der Waals surface area contributed by atoms with Gasteiger partial charge in [0.15, 0.2) is 0 Å². The maximum atomic E-state index is 12.8. The number of carbonyl (C=O) groups excluding carboxylic acids is 1. The van der Waals surface area contributed by atoms with Gasteiger partial charge in [-0.3, -0.25) is 4.79 Å². The molecule has 1 aliphatic rings. The first-order valence-corrected chi connectivity index (χ1v) is 9.48. The Morgan fingerprint density at radius 1 is 0.840 bits per heavy atom. The Hall–Kier alpha value is -2.13. The maximum Gasteiger partial charge on any atom is 0.232 e. The van der Waals surface area contributed by atoms with E-state index in [1.165, 1.54) is 38.8 Å². The van der Waals surface area contributed by atoms with Crippen molar-refractivity contribution in [3.63, 3.8) is 0 Å². The van der Waals surface area contributed by atoms with Crippen molar-refractivity contribution < 1.29 is 9.69 Å². The van der Waals surface area contributed by atoms with Crippen LogP contribution in [-0.4, -0.2) is 25.5 Å². The highest BCUT2D eigenvalue weighted by molar-refractivity contribution is 5.90. The first-order chi connectivity index (χ1) is 12.2. The molecule has 0 aromatic heterocycles. The normalized spacial score (nSPS) is 16.3. The number of amides is 1. The highest BCUT2D eigenvalue weighted by atomic mass is 16.1. The van der Waals surface area contributed by atoms with Gasteiger partial charge < -0.3 is 10.6 Å². The number of benzene rings is 2. The Morgan fingerprint density at radius 2 is 1.32 bits per heavy atom. The van der Waals surface area contributed by atoms with E-state index < -0.39 is 5.41 Å². The van der Waals surface area contributed by atoms with Gasteiger partial charge in [-0.25, -0.2) is 0 Å². The first-order valence-electron chi connectivity index (χ1n) is 9.48. The van der Waals surface area contributed by atoms with Crippen LogP contribution in [0.15, 0.2) is 60.7 Å². The largest absolute Gasteiger partial charge is 0.369 e. The fraction of sp³-hybridized carbons (Fsp3) is 0.409. The summed E-state index contributed by atoms with van der Waals surface area (Å²) in [7, 11) is 0. The minimum Gasteiger partial charge on any atom is -0.369 e. The van der Waals surface area contributed by atoms with Gasteiger partial charge in [0.25, 0.3) is 0 Å². The molecule has 132 valence electrons. The second kappa shape index (κ2) is 8.30.